The molecule has 3 nitrogen and oxygen atoms in total. The van der Waals surface area contributed by atoms with E-state index in [1.807, 2.05) is 12.1 Å². The predicted octanol–water partition coefficient (Wildman–Crippen LogP) is 2.85. The summed E-state index contributed by atoms with van der Waals surface area (Å²) in [6, 6.07) is 8.74. The van der Waals surface area contributed by atoms with E-state index in [0.29, 0.717) is 11.6 Å². The summed E-state index contributed by atoms with van der Waals surface area (Å²) in [6.45, 7) is 5.36. The molecule has 0 radical (unpaired) electrons. The number of hydrogen-bond donors (Lipinski definition) is 0. The Morgan fingerprint density at radius 3 is 2.83 bits per heavy atom. The Bertz CT molecular complexity index is 467. The molecule has 0 aliphatic carbocycles. The van der Waals surface area contributed by atoms with Gasteiger partial charge in [0.15, 0.2) is 0 Å². The molecule has 4 heteroatoms. The van der Waals surface area contributed by atoms with Crippen molar-refractivity contribution in [1.29, 1.82) is 5.26 Å². The monoisotopic (exact) mass is 307 g/mol. The van der Waals surface area contributed by atoms with E-state index in [1.54, 1.807) is 0 Å². The van der Waals surface area contributed by atoms with Gasteiger partial charge in [0.25, 0.3) is 0 Å². The maximum atomic E-state index is 9.03. The number of halogens is 1. The van der Waals surface area contributed by atoms with Gasteiger partial charge in [-0.2, -0.15) is 5.26 Å². The van der Waals surface area contributed by atoms with Gasteiger partial charge in [-0.25, -0.2) is 0 Å². The molecule has 1 fully saturated rings. The van der Waals surface area contributed by atoms with Crippen molar-refractivity contribution in [3.8, 4) is 6.07 Å². The lowest BCUT2D eigenvalue weighted by atomic mass is 10.1. The second-order valence-electron chi connectivity index (χ2n) is 4.80. The highest BCUT2D eigenvalue weighted by Crippen LogP contribution is 2.25. The van der Waals surface area contributed by atoms with Gasteiger partial charge in [-0.3, -0.25) is 4.90 Å². The first-order valence-electron chi connectivity index (χ1n) is 6.30. The van der Waals surface area contributed by atoms with Crippen LogP contribution in [0.4, 0.5) is 5.69 Å². The van der Waals surface area contributed by atoms with E-state index in [4.69, 9.17) is 5.26 Å². The first kappa shape index (κ1) is 13.4. The van der Waals surface area contributed by atoms with Crippen LogP contribution in [-0.4, -0.2) is 37.6 Å². The van der Waals surface area contributed by atoms with Crippen LogP contribution in [-0.2, 0) is 0 Å². The largest absolute Gasteiger partial charge is 0.369 e. The van der Waals surface area contributed by atoms with Gasteiger partial charge in [0.05, 0.1) is 11.6 Å². The third-order valence-corrected chi connectivity index (χ3v) is 4.08. The lowest BCUT2D eigenvalue weighted by Crippen LogP contribution is -2.51. The first-order valence-corrected chi connectivity index (χ1v) is 7.09. The number of hydrogen-bond acceptors (Lipinski definition) is 3. The van der Waals surface area contributed by atoms with Gasteiger partial charge in [-0.15, -0.1) is 0 Å². The Kier molecular flexibility index (Phi) is 4.26. The molecule has 0 spiro atoms. The van der Waals surface area contributed by atoms with Crippen LogP contribution in [0.2, 0.25) is 0 Å². The van der Waals surface area contributed by atoms with Gasteiger partial charge in [-0.05, 0) is 31.7 Å². The molecule has 0 saturated carbocycles. The number of anilines is 1. The zero-order chi connectivity index (χ0) is 13.1. The minimum atomic E-state index is 0.600. The van der Waals surface area contributed by atoms with E-state index >= 15 is 0 Å². The molecule has 1 aliphatic rings. The highest BCUT2D eigenvalue weighted by atomic mass is 79.9. The molecule has 1 heterocycles. The van der Waals surface area contributed by atoms with Crippen molar-refractivity contribution in [2.75, 3.05) is 31.6 Å². The van der Waals surface area contributed by atoms with Gasteiger partial charge < -0.3 is 4.90 Å². The molecule has 96 valence electrons. The number of nitriles is 1. The van der Waals surface area contributed by atoms with Crippen LogP contribution in [0.5, 0.6) is 0 Å². The molecular weight excluding hydrogens is 290 g/mol. The van der Waals surface area contributed by atoms with Crippen LogP contribution in [0.15, 0.2) is 22.7 Å². The highest BCUT2D eigenvalue weighted by molar-refractivity contribution is 9.10. The lowest BCUT2D eigenvalue weighted by Gasteiger charge is -2.40. The molecule has 0 aromatic heterocycles. The third-order valence-electron chi connectivity index (χ3n) is 3.63. The summed E-state index contributed by atoms with van der Waals surface area (Å²) < 4.78 is 0.975. The Balaban J connectivity index is 2.22. The lowest BCUT2D eigenvalue weighted by molar-refractivity contribution is 0.213. The van der Waals surface area contributed by atoms with E-state index in [-0.39, 0.29) is 0 Å². The molecule has 0 amide bonds. The van der Waals surface area contributed by atoms with Crippen LogP contribution >= 0.6 is 15.9 Å². The topological polar surface area (TPSA) is 30.3 Å². The maximum absolute atomic E-state index is 9.03. The van der Waals surface area contributed by atoms with Gasteiger partial charge in [0.1, 0.15) is 0 Å². The van der Waals surface area contributed by atoms with Crippen LogP contribution in [0, 0.1) is 11.3 Å². The van der Waals surface area contributed by atoms with E-state index in [0.717, 1.165) is 36.2 Å². The summed E-state index contributed by atoms with van der Waals surface area (Å²) in [4.78, 5) is 4.79. The van der Waals surface area contributed by atoms with E-state index in [2.05, 4.69) is 51.8 Å². The smallest absolute Gasteiger partial charge is 0.0992 e. The molecule has 18 heavy (non-hydrogen) atoms. The van der Waals surface area contributed by atoms with E-state index in [9.17, 15) is 0 Å². The quantitative estimate of drug-likeness (QED) is 0.841. The Morgan fingerprint density at radius 2 is 2.17 bits per heavy atom. The van der Waals surface area contributed by atoms with Crippen LogP contribution in [0.1, 0.15) is 18.9 Å². The van der Waals surface area contributed by atoms with Crippen molar-refractivity contribution >= 4 is 21.6 Å². The number of rotatable bonds is 2. The first-order chi connectivity index (χ1) is 8.63. The van der Waals surface area contributed by atoms with Crippen LogP contribution in [0.25, 0.3) is 0 Å². The number of likely N-dealkylation sites (N-methyl/N-ethyl adjacent to an activating group) is 1. The second-order valence-corrected chi connectivity index (χ2v) is 5.71. The zero-order valence-corrected chi connectivity index (χ0v) is 12.4. The summed E-state index contributed by atoms with van der Waals surface area (Å²) in [5.41, 5.74) is 1.86. The second kappa shape index (κ2) is 5.73. The number of nitrogens with zero attached hydrogens (tertiary/aromatic N) is 3. The Hall–Kier alpha value is -1.05. The fourth-order valence-corrected chi connectivity index (χ4v) is 2.92. The van der Waals surface area contributed by atoms with Gasteiger partial charge in [0, 0.05) is 35.8 Å². The highest BCUT2D eigenvalue weighted by Gasteiger charge is 2.23. The van der Waals surface area contributed by atoms with Crippen molar-refractivity contribution in [3.05, 3.63) is 28.2 Å². The van der Waals surface area contributed by atoms with Crippen LogP contribution < -0.4 is 4.90 Å². The minimum absolute atomic E-state index is 0.600. The van der Waals surface area contributed by atoms with Gasteiger partial charge in [0.2, 0.25) is 0 Å². The average Bonchev–Trinajstić information content (AvgIpc) is 2.38. The molecule has 2 rings (SSSR count). The van der Waals surface area contributed by atoms with Gasteiger partial charge in [-0.1, -0.05) is 22.9 Å². The summed E-state index contributed by atoms with van der Waals surface area (Å²) >= 11 is 3.48. The summed E-state index contributed by atoms with van der Waals surface area (Å²) in [5.74, 6) is 0. The van der Waals surface area contributed by atoms with E-state index < -0.39 is 0 Å². The van der Waals surface area contributed by atoms with Crippen molar-refractivity contribution in [3.63, 3.8) is 0 Å². The summed E-state index contributed by atoms with van der Waals surface area (Å²) in [7, 11) is 2.19. The molecule has 1 aromatic rings. The SMILES string of the molecule is CCC1CN(c2cc(Br)cc(C#N)c2)CCN1C. The standard InChI is InChI=1S/C14H18BrN3/c1-3-13-10-18(5-4-17(13)2)14-7-11(9-16)6-12(15)8-14/h6-8,13H,3-5,10H2,1-2H3. The third kappa shape index (κ3) is 2.85. The molecule has 1 aliphatic heterocycles. The normalized spacial score (nSPS) is 20.8. The van der Waals surface area contributed by atoms with Crippen molar-refractivity contribution in [1.82, 2.24) is 4.90 Å². The molecule has 1 atom stereocenters. The van der Waals surface area contributed by atoms with Crippen LogP contribution in [0.3, 0.4) is 0 Å². The molecule has 1 saturated heterocycles. The van der Waals surface area contributed by atoms with Crippen molar-refractivity contribution in [2.24, 2.45) is 0 Å². The molecule has 1 aromatic carbocycles. The number of piperazine rings is 1. The van der Waals surface area contributed by atoms with Crippen molar-refractivity contribution < 1.29 is 0 Å². The van der Waals surface area contributed by atoms with Gasteiger partial charge >= 0.3 is 0 Å². The fraction of sp³-hybridized carbons (Fsp3) is 0.500. The Labute approximate surface area is 117 Å². The van der Waals surface area contributed by atoms with E-state index in [1.165, 1.54) is 0 Å². The summed E-state index contributed by atoms with van der Waals surface area (Å²) in [6.07, 6.45) is 1.16. The average molecular weight is 308 g/mol. The maximum Gasteiger partial charge on any atom is 0.0992 e. The van der Waals surface area contributed by atoms with Crippen molar-refractivity contribution in [2.45, 2.75) is 19.4 Å². The minimum Gasteiger partial charge on any atom is -0.369 e. The zero-order valence-electron chi connectivity index (χ0n) is 10.9. The molecule has 0 N–H and O–H groups in total. The number of benzene rings is 1. The Morgan fingerprint density at radius 1 is 1.39 bits per heavy atom. The molecular formula is C14H18BrN3. The predicted molar refractivity (Wildman–Crippen MR) is 77.8 cm³/mol. The molecule has 1 unspecified atom stereocenters. The fourth-order valence-electron chi connectivity index (χ4n) is 2.44. The molecule has 0 bridgehead atoms. The summed E-state index contributed by atoms with van der Waals surface area (Å²) in [5, 5.41) is 9.03.